The lowest BCUT2D eigenvalue weighted by molar-refractivity contribution is -0.130. The van der Waals surface area contributed by atoms with Crippen molar-refractivity contribution in [2.75, 3.05) is 38.6 Å². The van der Waals surface area contributed by atoms with Gasteiger partial charge in [0.05, 0.1) is 18.4 Å². The Labute approximate surface area is 213 Å². The number of nitrogens with one attached hydrogen (secondary N) is 3. The largest absolute Gasteiger partial charge is 0.465 e. The summed E-state index contributed by atoms with van der Waals surface area (Å²) < 4.78 is 36.6. The van der Waals surface area contributed by atoms with Gasteiger partial charge in [-0.15, -0.1) is 0 Å². The molecule has 0 saturated carbocycles. The van der Waals surface area contributed by atoms with E-state index in [-0.39, 0.29) is 28.0 Å². The van der Waals surface area contributed by atoms with E-state index in [0.29, 0.717) is 37.6 Å². The molecule has 1 fully saturated rings. The molecule has 1 amide bonds. The van der Waals surface area contributed by atoms with Gasteiger partial charge in [0.15, 0.2) is 5.75 Å². The molecule has 1 heterocycles. The van der Waals surface area contributed by atoms with Crippen molar-refractivity contribution in [2.45, 2.75) is 44.4 Å². The molecule has 0 aromatic heterocycles. The van der Waals surface area contributed by atoms with Gasteiger partial charge in [-0.2, -0.15) is 0 Å². The molecule has 0 spiro atoms. The summed E-state index contributed by atoms with van der Waals surface area (Å²) in [5.41, 5.74) is 0.658. The van der Waals surface area contributed by atoms with Crippen molar-refractivity contribution in [1.29, 1.82) is 4.78 Å². The van der Waals surface area contributed by atoms with Gasteiger partial charge in [0, 0.05) is 33.1 Å². The van der Waals surface area contributed by atoms with Crippen molar-refractivity contribution >= 4 is 27.5 Å². The molecule has 2 aromatic carbocycles. The summed E-state index contributed by atoms with van der Waals surface area (Å²) in [6, 6.07) is 12.1. The first-order valence-electron chi connectivity index (χ1n) is 12.3. The number of anilines is 1. The Morgan fingerprint density at radius 2 is 1.86 bits per heavy atom. The van der Waals surface area contributed by atoms with Gasteiger partial charge >= 0.3 is 5.97 Å². The number of carbonyl (C=O) groups excluding carboxylic acids is 2. The van der Waals surface area contributed by atoms with Crippen molar-refractivity contribution in [3.8, 4) is 11.5 Å². The van der Waals surface area contributed by atoms with E-state index in [0.717, 1.165) is 25.7 Å². The zero-order chi connectivity index (χ0) is 26.1. The highest BCUT2D eigenvalue weighted by atomic mass is 32.2. The number of ether oxygens (including phenoxy) is 2. The number of piperidine rings is 1. The average Bonchev–Trinajstić information content (AvgIpc) is 2.88. The minimum absolute atomic E-state index is 0.0520. The summed E-state index contributed by atoms with van der Waals surface area (Å²) >= 11 is 0. The normalized spacial score (nSPS) is 15.7. The molecule has 1 aliphatic rings. The Balaban J connectivity index is 1.94. The minimum atomic E-state index is -3.56. The van der Waals surface area contributed by atoms with Gasteiger partial charge in [-0.1, -0.05) is 31.5 Å². The van der Waals surface area contributed by atoms with Crippen LogP contribution in [0.1, 0.15) is 49.9 Å². The summed E-state index contributed by atoms with van der Waals surface area (Å²) in [6.07, 6.45) is 3.38. The van der Waals surface area contributed by atoms with Gasteiger partial charge in [-0.25, -0.2) is 18.5 Å². The van der Waals surface area contributed by atoms with E-state index in [2.05, 4.69) is 17.0 Å². The van der Waals surface area contributed by atoms with E-state index < -0.39 is 15.9 Å². The summed E-state index contributed by atoms with van der Waals surface area (Å²) in [5.74, 6) is 0.402. The molecule has 36 heavy (non-hydrogen) atoms. The Morgan fingerprint density at radius 1 is 1.17 bits per heavy atom. The van der Waals surface area contributed by atoms with E-state index in [1.54, 1.807) is 30.0 Å². The fourth-order valence-corrected chi connectivity index (χ4v) is 5.39. The predicted molar refractivity (Wildman–Crippen MR) is 140 cm³/mol. The number of hydrogen-bond acceptors (Lipinski definition) is 7. The van der Waals surface area contributed by atoms with Gasteiger partial charge in [0.2, 0.25) is 5.91 Å². The highest BCUT2D eigenvalue weighted by Crippen LogP contribution is 2.38. The number of rotatable bonds is 11. The van der Waals surface area contributed by atoms with Gasteiger partial charge in [-0.3, -0.25) is 4.79 Å². The summed E-state index contributed by atoms with van der Waals surface area (Å²) in [4.78, 5) is 25.9. The molecule has 196 valence electrons. The van der Waals surface area contributed by atoms with Crippen LogP contribution in [0, 0.1) is 10.7 Å². The third-order valence-corrected chi connectivity index (χ3v) is 7.73. The SMILES string of the molecule is CCCCNc1cc(C(=O)OC)cc(S(=N)(=O)NCC2CCN(C(C)=O)CC2)c1Oc1ccccc1. The van der Waals surface area contributed by atoms with Crippen LogP contribution in [0.2, 0.25) is 0 Å². The second-order valence-electron chi connectivity index (χ2n) is 8.89. The quantitative estimate of drug-likeness (QED) is 0.295. The highest BCUT2D eigenvalue weighted by molar-refractivity contribution is 7.90. The number of likely N-dealkylation sites (tertiary alicyclic amines) is 1. The standard InChI is InChI=1S/C26H36N4O5S/c1-4-5-13-28-23-16-21(26(32)34-3)17-24(25(23)35-22-9-7-6-8-10-22)36(27,33)29-18-20-11-14-30(15-12-20)19(2)31/h6-10,16-17,20,28H,4-5,11-15,18H2,1-3H3,(H2,27,29,33). The van der Waals surface area contributed by atoms with Crippen LogP contribution in [0.3, 0.4) is 0 Å². The molecular formula is C26H36N4O5S. The number of amides is 1. The van der Waals surface area contributed by atoms with Crippen LogP contribution in [0.4, 0.5) is 5.69 Å². The molecule has 9 nitrogen and oxygen atoms in total. The van der Waals surface area contributed by atoms with Crippen LogP contribution in [-0.2, 0) is 19.4 Å². The van der Waals surface area contributed by atoms with Crippen LogP contribution >= 0.6 is 0 Å². The maximum Gasteiger partial charge on any atom is 0.337 e. The molecule has 2 aromatic rings. The fraction of sp³-hybridized carbons (Fsp3) is 0.462. The molecule has 0 bridgehead atoms. The molecule has 0 radical (unpaired) electrons. The number of esters is 1. The lowest BCUT2D eigenvalue weighted by Crippen LogP contribution is -2.40. The third-order valence-electron chi connectivity index (χ3n) is 6.23. The second-order valence-corrected chi connectivity index (χ2v) is 10.7. The van der Waals surface area contributed by atoms with Crippen molar-refractivity contribution < 1.29 is 23.3 Å². The van der Waals surface area contributed by atoms with Crippen LogP contribution in [-0.4, -0.2) is 54.3 Å². The van der Waals surface area contributed by atoms with E-state index in [9.17, 15) is 13.8 Å². The molecule has 1 atom stereocenters. The van der Waals surface area contributed by atoms with Gasteiger partial charge in [0.25, 0.3) is 0 Å². The van der Waals surface area contributed by atoms with Gasteiger partial charge in [0.1, 0.15) is 20.6 Å². The third kappa shape index (κ3) is 7.20. The first-order valence-corrected chi connectivity index (χ1v) is 13.8. The Bertz CT molecular complexity index is 1150. The summed E-state index contributed by atoms with van der Waals surface area (Å²) in [7, 11) is -2.28. The minimum Gasteiger partial charge on any atom is -0.465 e. The van der Waals surface area contributed by atoms with Crippen molar-refractivity contribution in [3.63, 3.8) is 0 Å². The number of unbranched alkanes of at least 4 members (excludes halogenated alkanes) is 1. The maximum absolute atomic E-state index is 13.8. The number of benzene rings is 2. The van der Waals surface area contributed by atoms with Crippen molar-refractivity contribution in [3.05, 3.63) is 48.0 Å². The number of nitrogens with zero attached hydrogens (tertiary/aromatic N) is 1. The molecule has 1 unspecified atom stereocenters. The van der Waals surface area contributed by atoms with Crippen molar-refractivity contribution in [1.82, 2.24) is 9.62 Å². The van der Waals surface area contributed by atoms with E-state index in [4.69, 9.17) is 14.3 Å². The Kier molecular flexibility index (Phi) is 9.72. The maximum atomic E-state index is 13.8. The molecule has 1 saturated heterocycles. The molecule has 10 heteroatoms. The van der Waals surface area contributed by atoms with Crippen LogP contribution < -0.4 is 14.8 Å². The Morgan fingerprint density at radius 3 is 2.47 bits per heavy atom. The van der Waals surface area contributed by atoms with Gasteiger partial charge < -0.3 is 19.7 Å². The van der Waals surface area contributed by atoms with Gasteiger partial charge in [-0.05, 0) is 49.4 Å². The lowest BCUT2D eigenvalue weighted by atomic mass is 9.97. The molecule has 3 rings (SSSR count). The molecular weight excluding hydrogens is 480 g/mol. The summed E-state index contributed by atoms with van der Waals surface area (Å²) in [6.45, 7) is 5.89. The van der Waals surface area contributed by atoms with Crippen LogP contribution in [0.15, 0.2) is 47.4 Å². The average molecular weight is 517 g/mol. The van der Waals surface area contributed by atoms with E-state index in [1.165, 1.54) is 13.2 Å². The predicted octanol–water partition coefficient (Wildman–Crippen LogP) is 4.65. The summed E-state index contributed by atoms with van der Waals surface area (Å²) in [5, 5.41) is 3.28. The lowest BCUT2D eigenvalue weighted by Gasteiger charge is -2.31. The van der Waals surface area contributed by atoms with Crippen LogP contribution in [0.25, 0.3) is 0 Å². The highest BCUT2D eigenvalue weighted by Gasteiger charge is 2.26. The number of hydrogen-bond donors (Lipinski definition) is 3. The van der Waals surface area contributed by atoms with Crippen LogP contribution in [0.5, 0.6) is 11.5 Å². The molecule has 3 N–H and O–H groups in total. The number of carbonyl (C=O) groups is 2. The second kappa shape index (κ2) is 12.7. The molecule has 0 aliphatic carbocycles. The number of para-hydroxylation sites is 1. The van der Waals surface area contributed by atoms with E-state index >= 15 is 0 Å². The zero-order valence-corrected chi connectivity index (χ0v) is 22.0. The first kappa shape index (κ1) is 27.5. The fourth-order valence-electron chi connectivity index (χ4n) is 4.06. The van der Waals surface area contributed by atoms with Crippen molar-refractivity contribution in [2.24, 2.45) is 5.92 Å². The molecule has 1 aliphatic heterocycles. The zero-order valence-electron chi connectivity index (χ0n) is 21.2. The number of methoxy groups -OCH3 is 1. The topological polar surface area (TPSA) is 121 Å². The first-order chi connectivity index (χ1) is 17.2. The smallest absolute Gasteiger partial charge is 0.337 e. The monoisotopic (exact) mass is 516 g/mol. The Hall–Kier alpha value is -3.11. The van der Waals surface area contributed by atoms with E-state index in [1.807, 2.05) is 18.2 Å².